The molecule has 0 saturated carbocycles. The number of carbonyl (C=O) groups excluding carboxylic acids is 1. The number of hydrogen-bond acceptors (Lipinski definition) is 5. The zero-order valence-electron chi connectivity index (χ0n) is 15.5. The van der Waals surface area contributed by atoms with Crippen LogP contribution in [0, 0.1) is 0 Å². The van der Waals surface area contributed by atoms with Gasteiger partial charge in [0, 0.05) is 37.0 Å². The van der Waals surface area contributed by atoms with Gasteiger partial charge in [-0.3, -0.25) is 4.79 Å². The average molecular weight is 362 g/mol. The molecule has 2 aliphatic rings. The first kappa shape index (κ1) is 17.3. The molecule has 0 radical (unpaired) electrons. The van der Waals surface area contributed by atoms with Gasteiger partial charge in [0.2, 0.25) is 5.95 Å². The van der Waals surface area contributed by atoms with Crippen LogP contribution in [0.25, 0.3) is 6.08 Å². The highest BCUT2D eigenvalue weighted by molar-refractivity contribution is 6.01. The zero-order chi connectivity index (χ0) is 18.8. The van der Waals surface area contributed by atoms with Gasteiger partial charge in [-0.1, -0.05) is 18.2 Å². The van der Waals surface area contributed by atoms with Gasteiger partial charge in [0.25, 0.3) is 5.91 Å². The average Bonchev–Trinajstić information content (AvgIpc) is 2.90. The Morgan fingerprint density at radius 2 is 2.15 bits per heavy atom. The maximum atomic E-state index is 12.9. The van der Waals surface area contributed by atoms with Crippen LogP contribution in [0.3, 0.4) is 0 Å². The van der Waals surface area contributed by atoms with Crippen molar-refractivity contribution in [3.05, 3.63) is 65.2 Å². The maximum absolute atomic E-state index is 12.9. The van der Waals surface area contributed by atoms with Gasteiger partial charge in [-0.05, 0) is 37.5 Å². The van der Waals surface area contributed by atoms with Crippen molar-refractivity contribution in [3.63, 3.8) is 0 Å². The molecule has 1 N–H and O–H groups in total. The van der Waals surface area contributed by atoms with Gasteiger partial charge in [0.1, 0.15) is 5.75 Å². The second-order valence-corrected chi connectivity index (χ2v) is 6.94. The largest absolute Gasteiger partial charge is 0.464 e. The second-order valence-electron chi connectivity index (χ2n) is 6.94. The number of aromatic nitrogens is 2. The lowest BCUT2D eigenvalue weighted by atomic mass is 9.92. The van der Waals surface area contributed by atoms with Crippen molar-refractivity contribution in [2.45, 2.75) is 25.3 Å². The fourth-order valence-corrected chi connectivity index (χ4v) is 3.39. The smallest absolute Gasteiger partial charge is 0.251 e. The summed E-state index contributed by atoms with van der Waals surface area (Å²) < 4.78 is 5.57. The molecule has 0 spiro atoms. The molecule has 0 saturated heterocycles. The molecule has 2 heterocycles. The number of rotatable bonds is 3. The molecule has 27 heavy (non-hydrogen) atoms. The van der Waals surface area contributed by atoms with Crippen LogP contribution in [-0.2, 0) is 11.2 Å². The van der Waals surface area contributed by atoms with Crippen molar-refractivity contribution in [2.75, 3.05) is 19.0 Å². The quantitative estimate of drug-likeness (QED) is 0.909. The van der Waals surface area contributed by atoms with Gasteiger partial charge in [0.15, 0.2) is 0 Å². The van der Waals surface area contributed by atoms with Crippen molar-refractivity contribution < 1.29 is 9.53 Å². The predicted octanol–water partition coefficient (Wildman–Crippen LogP) is 3.03. The van der Waals surface area contributed by atoms with Crippen molar-refractivity contribution in [3.8, 4) is 5.75 Å². The number of benzene rings is 1. The number of hydrogen-bond donors (Lipinski definition) is 1. The molecule has 0 unspecified atom stereocenters. The summed E-state index contributed by atoms with van der Waals surface area (Å²) >= 11 is 0. The fraction of sp³-hybridized carbons (Fsp3) is 0.286. The summed E-state index contributed by atoms with van der Waals surface area (Å²) in [5, 5.41) is 3.14. The normalized spacial score (nSPS) is 17.7. The summed E-state index contributed by atoms with van der Waals surface area (Å²) in [6, 6.07) is 7.57. The molecule has 1 aromatic heterocycles. The molecular formula is C21H22N4O2. The van der Waals surface area contributed by atoms with E-state index in [9.17, 15) is 4.79 Å². The van der Waals surface area contributed by atoms with Gasteiger partial charge in [0.05, 0.1) is 18.0 Å². The molecule has 1 amide bonds. The summed E-state index contributed by atoms with van der Waals surface area (Å²) in [5.41, 5.74) is 3.48. The zero-order valence-corrected chi connectivity index (χ0v) is 15.5. The Bertz CT molecular complexity index is 934. The van der Waals surface area contributed by atoms with Gasteiger partial charge < -0.3 is 15.0 Å². The minimum Gasteiger partial charge on any atom is -0.464 e. The SMILES string of the molecule is CN(C)c1ncc2c(n1)CCC[C@H]2NC(=O)C1=Cc2ccccc2OC=C1. The molecule has 6 nitrogen and oxygen atoms in total. The Hall–Kier alpha value is -3.15. The summed E-state index contributed by atoms with van der Waals surface area (Å²) in [7, 11) is 3.85. The molecule has 0 bridgehead atoms. The Morgan fingerprint density at radius 3 is 3.00 bits per heavy atom. The first-order chi connectivity index (χ1) is 13.1. The highest BCUT2D eigenvalue weighted by atomic mass is 16.5. The Kier molecular flexibility index (Phi) is 4.62. The molecule has 1 aliphatic carbocycles. The maximum Gasteiger partial charge on any atom is 0.251 e. The lowest BCUT2D eigenvalue weighted by molar-refractivity contribution is -0.117. The van der Waals surface area contributed by atoms with Crippen LogP contribution >= 0.6 is 0 Å². The monoisotopic (exact) mass is 362 g/mol. The van der Waals surface area contributed by atoms with E-state index in [1.165, 1.54) is 0 Å². The number of nitrogens with zero attached hydrogens (tertiary/aromatic N) is 3. The third kappa shape index (κ3) is 3.56. The van der Waals surface area contributed by atoms with E-state index < -0.39 is 0 Å². The van der Waals surface area contributed by atoms with E-state index in [4.69, 9.17) is 4.74 Å². The van der Waals surface area contributed by atoms with E-state index in [2.05, 4.69) is 15.3 Å². The van der Waals surface area contributed by atoms with E-state index in [0.29, 0.717) is 11.5 Å². The van der Waals surface area contributed by atoms with Crippen molar-refractivity contribution >= 4 is 17.9 Å². The number of para-hydroxylation sites is 1. The minimum absolute atomic E-state index is 0.0776. The third-order valence-corrected chi connectivity index (χ3v) is 4.81. The Morgan fingerprint density at radius 1 is 1.30 bits per heavy atom. The summed E-state index contributed by atoms with van der Waals surface area (Å²) in [5.74, 6) is 1.31. The second kappa shape index (κ2) is 7.23. The molecule has 2 aromatic rings. The first-order valence-corrected chi connectivity index (χ1v) is 9.10. The van der Waals surface area contributed by atoms with Gasteiger partial charge in [-0.2, -0.15) is 0 Å². The van der Waals surface area contributed by atoms with Crippen LogP contribution in [0.2, 0.25) is 0 Å². The van der Waals surface area contributed by atoms with Gasteiger partial charge in [-0.25, -0.2) is 9.97 Å². The Labute approximate surface area is 158 Å². The number of ether oxygens (including phenoxy) is 1. The van der Waals surface area contributed by atoms with E-state index in [1.54, 1.807) is 12.3 Å². The molecule has 0 fully saturated rings. The minimum atomic E-state index is -0.124. The van der Waals surface area contributed by atoms with Crippen molar-refractivity contribution in [1.82, 2.24) is 15.3 Å². The van der Waals surface area contributed by atoms with Crippen LogP contribution in [0.5, 0.6) is 5.75 Å². The van der Waals surface area contributed by atoms with Crippen LogP contribution in [0.4, 0.5) is 5.95 Å². The van der Waals surface area contributed by atoms with E-state index >= 15 is 0 Å². The molecular weight excluding hydrogens is 340 g/mol. The van der Waals surface area contributed by atoms with Crippen LogP contribution in [0.1, 0.15) is 35.7 Å². The number of anilines is 1. The lowest BCUT2D eigenvalue weighted by Crippen LogP contribution is -2.32. The Balaban J connectivity index is 1.57. The van der Waals surface area contributed by atoms with Gasteiger partial charge >= 0.3 is 0 Å². The van der Waals surface area contributed by atoms with E-state index in [0.717, 1.165) is 41.8 Å². The summed E-state index contributed by atoms with van der Waals surface area (Å²) in [4.78, 5) is 23.8. The van der Waals surface area contributed by atoms with E-state index in [1.807, 2.05) is 55.5 Å². The highest BCUT2D eigenvalue weighted by Crippen LogP contribution is 2.30. The molecule has 138 valence electrons. The number of fused-ring (bicyclic) bond motifs is 2. The number of amides is 1. The van der Waals surface area contributed by atoms with Crippen molar-refractivity contribution in [2.24, 2.45) is 0 Å². The van der Waals surface area contributed by atoms with Crippen LogP contribution in [-0.4, -0.2) is 30.0 Å². The summed E-state index contributed by atoms with van der Waals surface area (Å²) in [6.07, 6.45) is 9.73. The highest BCUT2D eigenvalue weighted by Gasteiger charge is 2.25. The molecule has 6 heteroatoms. The third-order valence-electron chi connectivity index (χ3n) is 4.81. The number of nitrogens with one attached hydrogen (secondary N) is 1. The first-order valence-electron chi connectivity index (χ1n) is 9.10. The topological polar surface area (TPSA) is 67.4 Å². The molecule has 4 rings (SSSR count). The van der Waals surface area contributed by atoms with Crippen LogP contribution < -0.4 is 15.0 Å². The van der Waals surface area contributed by atoms with Crippen LogP contribution in [0.15, 0.2) is 48.4 Å². The number of carbonyl (C=O) groups is 1. The molecule has 1 aromatic carbocycles. The van der Waals surface area contributed by atoms with Crippen molar-refractivity contribution in [1.29, 1.82) is 0 Å². The molecule has 1 atom stereocenters. The summed E-state index contributed by atoms with van der Waals surface area (Å²) in [6.45, 7) is 0. The predicted molar refractivity (Wildman–Crippen MR) is 104 cm³/mol. The molecule has 1 aliphatic heterocycles. The van der Waals surface area contributed by atoms with Gasteiger partial charge in [-0.15, -0.1) is 0 Å². The standard InChI is InChI=1S/C21H22N4O2/c1-25(2)21-22-13-16-17(7-5-8-18(16)24-21)23-20(26)15-10-11-27-19-9-4-3-6-14(19)12-15/h3-4,6,9-13,17H,5,7-8H2,1-2H3,(H,23,26)/t17-/m1/s1. The number of aryl methyl sites for hydroxylation is 1. The van der Waals surface area contributed by atoms with E-state index in [-0.39, 0.29) is 11.9 Å². The lowest BCUT2D eigenvalue weighted by Gasteiger charge is -2.26. The fourth-order valence-electron chi connectivity index (χ4n) is 3.39.